The van der Waals surface area contributed by atoms with Gasteiger partial charge in [0.15, 0.2) is 0 Å². The third-order valence-electron chi connectivity index (χ3n) is 2.31. The van der Waals surface area contributed by atoms with Crippen LogP contribution < -0.4 is 16.6 Å². The third kappa shape index (κ3) is 3.44. The number of halogens is 2. The molecule has 1 aromatic heterocycles. The molecule has 1 heterocycles. The molecule has 0 fully saturated rings. The van der Waals surface area contributed by atoms with Crippen molar-refractivity contribution in [1.82, 2.24) is 4.98 Å². The number of pyridine rings is 1. The van der Waals surface area contributed by atoms with Gasteiger partial charge < -0.3 is 10.7 Å². The van der Waals surface area contributed by atoms with Crippen LogP contribution in [0.2, 0.25) is 5.02 Å². The number of aromatic nitrogens is 1. The molecule has 0 unspecified atom stereocenters. The number of benzene rings is 1. The van der Waals surface area contributed by atoms with Gasteiger partial charge >= 0.3 is 0 Å². The Morgan fingerprint density at radius 1 is 1.32 bits per heavy atom. The minimum Gasteiger partial charge on any atom is -0.320 e. The fourth-order valence-corrected chi connectivity index (χ4v) is 1.94. The van der Waals surface area contributed by atoms with Crippen LogP contribution in [0.25, 0.3) is 0 Å². The average Bonchev–Trinajstić information content (AvgIpc) is 2.43. The highest BCUT2D eigenvalue weighted by Gasteiger charge is 2.10. The van der Waals surface area contributed by atoms with Crippen molar-refractivity contribution in [2.24, 2.45) is 5.84 Å². The topological polar surface area (TPSA) is 80.0 Å². The second kappa shape index (κ2) is 6.01. The first-order valence-electron chi connectivity index (χ1n) is 5.30. The number of nitrogen functional groups attached to an aromatic ring is 1. The van der Waals surface area contributed by atoms with Crippen molar-refractivity contribution in [1.29, 1.82) is 0 Å². The normalized spacial score (nSPS) is 10.1. The number of nitrogens with one attached hydrogen (secondary N) is 2. The smallest absolute Gasteiger partial charge is 0.274 e. The van der Waals surface area contributed by atoms with Gasteiger partial charge in [-0.25, -0.2) is 10.8 Å². The molecule has 5 nitrogen and oxygen atoms in total. The van der Waals surface area contributed by atoms with Crippen LogP contribution in [0, 0.1) is 0 Å². The number of rotatable bonds is 3. The number of amides is 1. The molecule has 0 spiro atoms. The van der Waals surface area contributed by atoms with Gasteiger partial charge in [0.2, 0.25) is 0 Å². The Labute approximate surface area is 123 Å². The number of hydrogen-bond acceptors (Lipinski definition) is 4. The fourth-order valence-electron chi connectivity index (χ4n) is 1.42. The van der Waals surface area contributed by atoms with Gasteiger partial charge in [0.05, 0.1) is 5.69 Å². The van der Waals surface area contributed by atoms with E-state index in [2.05, 4.69) is 31.7 Å². The highest BCUT2D eigenvalue weighted by Crippen LogP contribution is 2.26. The molecule has 0 atom stereocenters. The molecule has 0 aliphatic heterocycles. The fraction of sp³-hybridized carbons (Fsp3) is 0. The standard InChI is InChI=1S/C12H10BrClN4O/c13-8-5-4-7(14)6-10(8)17-12(19)9-2-1-3-11(16-9)18-15/h1-6H,15H2,(H,16,18)(H,17,19). The molecule has 2 aromatic rings. The first-order valence-corrected chi connectivity index (χ1v) is 6.47. The van der Waals surface area contributed by atoms with E-state index < -0.39 is 0 Å². The minimum absolute atomic E-state index is 0.252. The molecule has 0 aliphatic rings. The van der Waals surface area contributed by atoms with Gasteiger partial charge in [0.1, 0.15) is 11.5 Å². The van der Waals surface area contributed by atoms with Crippen molar-refractivity contribution in [3.63, 3.8) is 0 Å². The third-order valence-corrected chi connectivity index (χ3v) is 3.23. The van der Waals surface area contributed by atoms with E-state index >= 15 is 0 Å². The van der Waals surface area contributed by atoms with E-state index in [9.17, 15) is 4.79 Å². The van der Waals surface area contributed by atoms with E-state index in [1.807, 2.05) is 0 Å². The molecule has 1 amide bonds. The lowest BCUT2D eigenvalue weighted by Crippen LogP contribution is -2.16. The monoisotopic (exact) mass is 340 g/mol. The van der Waals surface area contributed by atoms with Gasteiger partial charge in [-0.15, -0.1) is 0 Å². The summed E-state index contributed by atoms with van der Waals surface area (Å²) in [4.78, 5) is 16.1. The van der Waals surface area contributed by atoms with Gasteiger partial charge in [-0.2, -0.15) is 0 Å². The van der Waals surface area contributed by atoms with E-state index in [4.69, 9.17) is 17.4 Å². The average molecular weight is 342 g/mol. The number of anilines is 2. The summed E-state index contributed by atoms with van der Waals surface area (Å²) in [5, 5.41) is 3.25. The van der Waals surface area contributed by atoms with Crippen LogP contribution in [-0.2, 0) is 0 Å². The summed E-state index contributed by atoms with van der Waals surface area (Å²) in [6, 6.07) is 10.1. The number of nitrogens with two attached hydrogens (primary N) is 1. The molecular formula is C12H10BrClN4O. The molecule has 98 valence electrons. The second-order valence-electron chi connectivity index (χ2n) is 3.63. The summed E-state index contributed by atoms with van der Waals surface area (Å²) in [6.45, 7) is 0. The molecule has 0 saturated carbocycles. The van der Waals surface area contributed by atoms with E-state index in [1.54, 1.807) is 36.4 Å². The van der Waals surface area contributed by atoms with Crippen LogP contribution in [0.5, 0.6) is 0 Å². The summed E-state index contributed by atoms with van der Waals surface area (Å²) in [5.41, 5.74) is 3.21. The number of hydrazine groups is 1. The first-order chi connectivity index (χ1) is 9.10. The molecule has 7 heteroatoms. The Kier molecular flexibility index (Phi) is 4.36. The summed E-state index contributed by atoms with van der Waals surface area (Å²) in [7, 11) is 0. The van der Waals surface area contributed by atoms with Crippen molar-refractivity contribution in [2.45, 2.75) is 0 Å². The van der Waals surface area contributed by atoms with Crippen molar-refractivity contribution in [3.05, 3.63) is 51.6 Å². The Balaban J connectivity index is 2.22. The lowest BCUT2D eigenvalue weighted by molar-refractivity contribution is 0.102. The van der Waals surface area contributed by atoms with Crippen LogP contribution in [0.1, 0.15) is 10.5 Å². The minimum atomic E-state index is -0.347. The van der Waals surface area contributed by atoms with Gasteiger partial charge in [-0.3, -0.25) is 4.79 Å². The lowest BCUT2D eigenvalue weighted by atomic mass is 10.3. The molecule has 19 heavy (non-hydrogen) atoms. The van der Waals surface area contributed by atoms with Crippen molar-refractivity contribution in [3.8, 4) is 0 Å². The van der Waals surface area contributed by atoms with E-state index in [0.717, 1.165) is 4.47 Å². The molecule has 0 aliphatic carbocycles. The maximum absolute atomic E-state index is 12.0. The molecular weight excluding hydrogens is 332 g/mol. The van der Waals surface area contributed by atoms with E-state index in [0.29, 0.717) is 16.5 Å². The molecule has 4 N–H and O–H groups in total. The predicted molar refractivity (Wildman–Crippen MR) is 79.2 cm³/mol. The lowest BCUT2D eigenvalue weighted by Gasteiger charge is -2.08. The number of carbonyl (C=O) groups excluding carboxylic acids is 1. The predicted octanol–water partition coefficient (Wildman–Crippen LogP) is 3.04. The summed E-state index contributed by atoms with van der Waals surface area (Å²) < 4.78 is 0.735. The summed E-state index contributed by atoms with van der Waals surface area (Å²) in [6.07, 6.45) is 0. The van der Waals surface area contributed by atoms with Crippen LogP contribution >= 0.6 is 27.5 Å². The largest absolute Gasteiger partial charge is 0.320 e. The zero-order chi connectivity index (χ0) is 13.8. The molecule has 0 bridgehead atoms. The van der Waals surface area contributed by atoms with Gasteiger partial charge in [-0.1, -0.05) is 17.7 Å². The quantitative estimate of drug-likeness (QED) is 0.592. The van der Waals surface area contributed by atoms with Crippen LogP contribution in [0.3, 0.4) is 0 Å². The maximum Gasteiger partial charge on any atom is 0.274 e. The SMILES string of the molecule is NNc1cccc(C(=O)Nc2cc(Cl)ccc2Br)n1. The molecule has 2 rings (SSSR count). The molecule has 0 saturated heterocycles. The summed E-state index contributed by atoms with van der Waals surface area (Å²) >= 11 is 9.21. The Morgan fingerprint density at radius 3 is 2.84 bits per heavy atom. The van der Waals surface area contributed by atoms with Crippen LogP contribution in [-0.4, -0.2) is 10.9 Å². The summed E-state index contributed by atoms with van der Waals surface area (Å²) in [5.74, 6) is 5.31. The Hall–Kier alpha value is -1.63. The molecule has 1 aromatic carbocycles. The zero-order valence-corrected chi connectivity index (χ0v) is 12.0. The number of nitrogens with zero attached hydrogens (tertiary/aromatic N) is 1. The number of hydrogen-bond donors (Lipinski definition) is 3. The van der Waals surface area contributed by atoms with Gasteiger partial charge in [-0.05, 0) is 46.3 Å². The Bertz CT molecular complexity index is 620. The first kappa shape index (κ1) is 13.8. The highest BCUT2D eigenvalue weighted by molar-refractivity contribution is 9.10. The van der Waals surface area contributed by atoms with Crippen LogP contribution in [0.15, 0.2) is 40.9 Å². The second-order valence-corrected chi connectivity index (χ2v) is 4.92. The highest BCUT2D eigenvalue weighted by atomic mass is 79.9. The van der Waals surface area contributed by atoms with Gasteiger partial charge in [0, 0.05) is 9.50 Å². The zero-order valence-electron chi connectivity index (χ0n) is 9.65. The number of carbonyl (C=O) groups is 1. The van der Waals surface area contributed by atoms with E-state index in [-0.39, 0.29) is 11.6 Å². The van der Waals surface area contributed by atoms with Crippen molar-refractivity contribution < 1.29 is 4.79 Å². The Morgan fingerprint density at radius 2 is 2.11 bits per heavy atom. The van der Waals surface area contributed by atoms with Crippen molar-refractivity contribution >= 4 is 44.9 Å². The molecule has 0 radical (unpaired) electrons. The van der Waals surface area contributed by atoms with Crippen molar-refractivity contribution in [2.75, 3.05) is 10.7 Å². The van der Waals surface area contributed by atoms with Gasteiger partial charge in [0.25, 0.3) is 5.91 Å². The van der Waals surface area contributed by atoms with E-state index in [1.165, 1.54) is 0 Å². The van der Waals surface area contributed by atoms with Crippen LogP contribution in [0.4, 0.5) is 11.5 Å². The maximum atomic E-state index is 12.0.